The van der Waals surface area contributed by atoms with Crippen molar-refractivity contribution >= 4 is 16.0 Å². The lowest BCUT2D eigenvalue weighted by atomic mass is 10.0. The standard InChI is InChI=1S/C14H19NO6S/c1-20-11-5-6-12(21-2)13(8-11)22(18,19)15-7-3-4-10(9-15)14(16)17/h5-6,8,10H,3-4,7,9H2,1-2H3,(H,16,17)/t10-/m0/s1. The van der Waals surface area contributed by atoms with Crippen LogP contribution in [0.15, 0.2) is 23.1 Å². The molecule has 22 heavy (non-hydrogen) atoms. The van der Waals surface area contributed by atoms with E-state index >= 15 is 0 Å². The van der Waals surface area contributed by atoms with Gasteiger partial charge in [0.1, 0.15) is 16.4 Å². The maximum absolute atomic E-state index is 12.8. The van der Waals surface area contributed by atoms with Crippen LogP contribution in [0.25, 0.3) is 0 Å². The number of ether oxygens (including phenoxy) is 2. The van der Waals surface area contributed by atoms with Crippen LogP contribution in [0.5, 0.6) is 11.5 Å². The number of aliphatic carboxylic acids is 1. The summed E-state index contributed by atoms with van der Waals surface area (Å²) in [6, 6.07) is 4.51. The Morgan fingerprint density at radius 1 is 1.32 bits per heavy atom. The van der Waals surface area contributed by atoms with E-state index < -0.39 is 21.9 Å². The molecule has 0 unspecified atom stereocenters. The van der Waals surface area contributed by atoms with Gasteiger partial charge in [-0.2, -0.15) is 4.31 Å². The Labute approximate surface area is 129 Å². The van der Waals surface area contributed by atoms with Crippen molar-refractivity contribution in [2.75, 3.05) is 27.3 Å². The molecule has 122 valence electrons. The number of carbonyl (C=O) groups is 1. The lowest BCUT2D eigenvalue weighted by Crippen LogP contribution is -2.42. The fourth-order valence-corrected chi connectivity index (χ4v) is 4.18. The Balaban J connectivity index is 2.39. The molecule has 1 atom stereocenters. The minimum Gasteiger partial charge on any atom is -0.497 e. The first-order chi connectivity index (χ1) is 10.4. The number of piperidine rings is 1. The van der Waals surface area contributed by atoms with Gasteiger partial charge in [-0.05, 0) is 25.0 Å². The number of benzene rings is 1. The van der Waals surface area contributed by atoms with Gasteiger partial charge in [0.25, 0.3) is 0 Å². The molecular formula is C14H19NO6S. The summed E-state index contributed by atoms with van der Waals surface area (Å²) in [7, 11) is -1.01. The number of sulfonamides is 1. The van der Waals surface area contributed by atoms with Crippen molar-refractivity contribution in [3.05, 3.63) is 18.2 Å². The normalized spacial score (nSPS) is 19.6. The van der Waals surface area contributed by atoms with Gasteiger partial charge in [0.15, 0.2) is 0 Å². The van der Waals surface area contributed by atoms with E-state index in [-0.39, 0.29) is 17.2 Å². The highest BCUT2D eigenvalue weighted by Crippen LogP contribution is 2.32. The minimum atomic E-state index is -3.84. The molecule has 0 radical (unpaired) electrons. The highest BCUT2D eigenvalue weighted by Gasteiger charge is 2.35. The number of rotatable bonds is 5. The number of carboxylic acid groups (broad SMARTS) is 1. The van der Waals surface area contributed by atoms with Crippen LogP contribution in [0.3, 0.4) is 0 Å². The van der Waals surface area contributed by atoms with Gasteiger partial charge in [-0.3, -0.25) is 4.79 Å². The maximum Gasteiger partial charge on any atom is 0.307 e. The highest BCUT2D eigenvalue weighted by atomic mass is 32.2. The SMILES string of the molecule is COc1ccc(OC)c(S(=O)(=O)N2CCC[C@H](C(=O)O)C2)c1. The van der Waals surface area contributed by atoms with Gasteiger partial charge in [0.05, 0.1) is 20.1 Å². The van der Waals surface area contributed by atoms with Gasteiger partial charge in [-0.1, -0.05) is 0 Å². The summed E-state index contributed by atoms with van der Waals surface area (Å²) in [5.74, 6) is -1.05. The Hall–Kier alpha value is -1.80. The second kappa shape index (κ2) is 6.53. The zero-order chi connectivity index (χ0) is 16.3. The summed E-state index contributed by atoms with van der Waals surface area (Å²) in [6.45, 7) is 0.268. The molecule has 7 nitrogen and oxygen atoms in total. The average molecular weight is 329 g/mol. The summed E-state index contributed by atoms with van der Waals surface area (Å²) >= 11 is 0. The first-order valence-electron chi connectivity index (χ1n) is 6.85. The topological polar surface area (TPSA) is 93.1 Å². The van der Waals surface area contributed by atoms with Crippen molar-refractivity contribution in [3.63, 3.8) is 0 Å². The fraction of sp³-hybridized carbons (Fsp3) is 0.500. The lowest BCUT2D eigenvalue weighted by molar-refractivity contribution is -0.142. The molecule has 0 bridgehead atoms. The number of hydrogen-bond acceptors (Lipinski definition) is 5. The van der Waals surface area contributed by atoms with Crippen molar-refractivity contribution in [1.82, 2.24) is 4.31 Å². The van der Waals surface area contributed by atoms with E-state index in [0.717, 1.165) is 0 Å². The van der Waals surface area contributed by atoms with Crippen LogP contribution >= 0.6 is 0 Å². The summed E-state index contributed by atoms with van der Waals surface area (Å²) < 4.78 is 37.0. The van der Waals surface area contributed by atoms with Crippen molar-refractivity contribution in [1.29, 1.82) is 0 Å². The molecule has 0 amide bonds. The van der Waals surface area contributed by atoms with Crippen LogP contribution < -0.4 is 9.47 Å². The summed E-state index contributed by atoms with van der Waals surface area (Å²) in [5.41, 5.74) is 0. The van der Waals surface area contributed by atoms with Crippen LogP contribution in [-0.2, 0) is 14.8 Å². The van der Waals surface area contributed by atoms with E-state index in [2.05, 4.69) is 0 Å². The number of hydrogen-bond donors (Lipinski definition) is 1. The Morgan fingerprint density at radius 2 is 2.05 bits per heavy atom. The Bertz CT molecular complexity index is 657. The van der Waals surface area contributed by atoms with Gasteiger partial charge < -0.3 is 14.6 Å². The quantitative estimate of drug-likeness (QED) is 0.872. The molecule has 1 N–H and O–H groups in total. The average Bonchev–Trinajstić information content (AvgIpc) is 2.54. The molecule has 0 aliphatic carbocycles. The van der Waals surface area contributed by atoms with Crippen LogP contribution in [0.1, 0.15) is 12.8 Å². The van der Waals surface area contributed by atoms with E-state index in [9.17, 15) is 13.2 Å². The number of nitrogens with zero attached hydrogens (tertiary/aromatic N) is 1. The van der Waals surface area contributed by atoms with Crippen LogP contribution in [0, 0.1) is 5.92 Å². The van der Waals surface area contributed by atoms with Crippen LogP contribution in [0.2, 0.25) is 0 Å². The minimum absolute atomic E-state index is 0.0135. The monoisotopic (exact) mass is 329 g/mol. The highest BCUT2D eigenvalue weighted by molar-refractivity contribution is 7.89. The molecular weight excluding hydrogens is 310 g/mol. The number of methoxy groups -OCH3 is 2. The third kappa shape index (κ3) is 3.17. The maximum atomic E-state index is 12.8. The van der Waals surface area contributed by atoms with Crippen LogP contribution in [-0.4, -0.2) is 51.1 Å². The summed E-state index contributed by atoms with van der Waals surface area (Å²) in [6.07, 6.45) is 0.999. The second-order valence-corrected chi connectivity index (χ2v) is 6.96. The third-order valence-corrected chi connectivity index (χ3v) is 5.61. The molecule has 0 saturated carbocycles. The molecule has 1 saturated heterocycles. The molecule has 1 aliphatic rings. The molecule has 1 heterocycles. The largest absolute Gasteiger partial charge is 0.497 e. The lowest BCUT2D eigenvalue weighted by Gasteiger charge is -2.30. The van der Waals surface area contributed by atoms with E-state index in [1.165, 1.54) is 30.7 Å². The van der Waals surface area contributed by atoms with Gasteiger partial charge in [0.2, 0.25) is 10.0 Å². The van der Waals surface area contributed by atoms with Gasteiger partial charge in [-0.15, -0.1) is 0 Å². The molecule has 0 spiro atoms. The molecule has 1 aliphatic heterocycles. The first-order valence-corrected chi connectivity index (χ1v) is 8.29. The second-order valence-electron chi connectivity index (χ2n) is 5.06. The third-order valence-electron chi connectivity index (χ3n) is 3.72. The predicted octanol–water partition coefficient (Wildman–Crippen LogP) is 1.19. The zero-order valence-corrected chi connectivity index (χ0v) is 13.3. The fourth-order valence-electron chi connectivity index (χ4n) is 2.49. The molecule has 1 fully saturated rings. The predicted molar refractivity (Wildman–Crippen MR) is 78.7 cm³/mol. The molecule has 0 aromatic heterocycles. The number of carboxylic acids is 1. The van der Waals surface area contributed by atoms with Crippen molar-refractivity contribution in [2.24, 2.45) is 5.92 Å². The Morgan fingerprint density at radius 3 is 2.64 bits per heavy atom. The van der Waals surface area contributed by atoms with Gasteiger partial charge in [-0.25, -0.2) is 8.42 Å². The molecule has 1 aromatic rings. The molecule has 2 rings (SSSR count). The molecule has 1 aromatic carbocycles. The summed E-state index contributed by atoms with van der Waals surface area (Å²) in [4.78, 5) is 11.1. The van der Waals surface area contributed by atoms with E-state index in [1.807, 2.05) is 0 Å². The van der Waals surface area contributed by atoms with Gasteiger partial charge in [0, 0.05) is 19.2 Å². The van der Waals surface area contributed by atoms with Crippen molar-refractivity contribution in [2.45, 2.75) is 17.7 Å². The van der Waals surface area contributed by atoms with Crippen LogP contribution in [0.4, 0.5) is 0 Å². The smallest absolute Gasteiger partial charge is 0.307 e. The molecule has 8 heteroatoms. The Kier molecular flexibility index (Phi) is 4.92. The zero-order valence-electron chi connectivity index (χ0n) is 12.5. The first kappa shape index (κ1) is 16.6. The van der Waals surface area contributed by atoms with Crippen molar-refractivity contribution in [3.8, 4) is 11.5 Å². The van der Waals surface area contributed by atoms with Crippen molar-refractivity contribution < 1.29 is 27.8 Å². The van der Waals surface area contributed by atoms with E-state index in [4.69, 9.17) is 14.6 Å². The van der Waals surface area contributed by atoms with E-state index in [0.29, 0.717) is 25.1 Å². The van der Waals surface area contributed by atoms with E-state index in [1.54, 1.807) is 6.07 Å². The van der Waals surface area contributed by atoms with Gasteiger partial charge >= 0.3 is 5.97 Å². The summed E-state index contributed by atoms with van der Waals surface area (Å²) in [5, 5.41) is 9.11.